The molecule has 1 aromatic carbocycles. The lowest BCUT2D eigenvalue weighted by atomic mass is 10.1. The third kappa shape index (κ3) is 1.91. The number of hydrogen-bond acceptors (Lipinski definition) is 2. The van der Waals surface area contributed by atoms with Crippen molar-refractivity contribution < 1.29 is 8.78 Å². The minimum atomic E-state index is -0.444. The van der Waals surface area contributed by atoms with Crippen molar-refractivity contribution in [1.29, 1.82) is 0 Å². The van der Waals surface area contributed by atoms with Crippen LogP contribution in [0.25, 0.3) is 11.1 Å². The second-order valence-electron chi connectivity index (χ2n) is 3.09. The van der Waals surface area contributed by atoms with E-state index in [-0.39, 0.29) is 5.56 Å². The fourth-order valence-corrected chi connectivity index (χ4v) is 2.21. The Morgan fingerprint density at radius 3 is 2.67 bits per heavy atom. The summed E-state index contributed by atoms with van der Waals surface area (Å²) in [6.45, 7) is 0.336. The average Bonchev–Trinajstić information content (AvgIpc) is 2.69. The van der Waals surface area contributed by atoms with Crippen LogP contribution in [0.2, 0.25) is 0 Å². The van der Waals surface area contributed by atoms with Crippen molar-refractivity contribution in [2.24, 2.45) is 5.73 Å². The molecule has 78 valence electrons. The minimum absolute atomic E-state index is 0.275. The molecule has 2 rings (SSSR count). The fraction of sp³-hybridized carbons (Fsp3) is 0.0909. The monoisotopic (exact) mass is 225 g/mol. The van der Waals surface area contributed by atoms with Crippen LogP contribution in [0.4, 0.5) is 8.78 Å². The van der Waals surface area contributed by atoms with Gasteiger partial charge in [-0.1, -0.05) is 0 Å². The van der Waals surface area contributed by atoms with Crippen molar-refractivity contribution in [2.75, 3.05) is 0 Å². The molecule has 0 saturated carbocycles. The van der Waals surface area contributed by atoms with Crippen LogP contribution in [0.5, 0.6) is 0 Å². The van der Waals surface area contributed by atoms with Gasteiger partial charge in [0.05, 0.1) is 0 Å². The summed E-state index contributed by atoms with van der Waals surface area (Å²) >= 11 is 1.44. The first-order chi connectivity index (χ1) is 7.22. The van der Waals surface area contributed by atoms with Crippen molar-refractivity contribution in [3.05, 3.63) is 46.2 Å². The van der Waals surface area contributed by atoms with Crippen LogP contribution in [-0.2, 0) is 6.54 Å². The second-order valence-corrected chi connectivity index (χ2v) is 4.09. The zero-order valence-corrected chi connectivity index (χ0v) is 8.65. The van der Waals surface area contributed by atoms with E-state index < -0.39 is 11.6 Å². The Morgan fingerprint density at radius 2 is 1.93 bits per heavy atom. The third-order valence-electron chi connectivity index (χ3n) is 2.15. The van der Waals surface area contributed by atoms with E-state index in [1.165, 1.54) is 17.4 Å². The van der Waals surface area contributed by atoms with Crippen molar-refractivity contribution in [1.82, 2.24) is 0 Å². The predicted molar refractivity (Wildman–Crippen MR) is 57.6 cm³/mol. The molecule has 1 nitrogen and oxygen atoms in total. The van der Waals surface area contributed by atoms with Crippen LogP contribution < -0.4 is 5.73 Å². The van der Waals surface area contributed by atoms with Crippen molar-refractivity contribution in [3.8, 4) is 11.1 Å². The van der Waals surface area contributed by atoms with E-state index in [1.54, 1.807) is 6.07 Å². The Balaban J connectivity index is 2.58. The number of thiophene rings is 1. The minimum Gasteiger partial charge on any atom is -0.326 e. The van der Waals surface area contributed by atoms with Gasteiger partial charge in [-0.2, -0.15) is 0 Å². The van der Waals surface area contributed by atoms with Gasteiger partial charge in [0.1, 0.15) is 11.6 Å². The maximum Gasteiger partial charge on any atom is 0.131 e. The molecule has 0 saturated heterocycles. The highest BCUT2D eigenvalue weighted by Crippen LogP contribution is 2.30. The molecule has 0 spiro atoms. The molecule has 0 amide bonds. The Hall–Kier alpha value is -1.26. The SMILES string of the molecule is NCc1sccc1-c1cc(F)ccc1F. The zero-order chi connectivity index (χ0) is 10.8. The molecule has 1 aromatic heterocycles. The van der Waals surface area contributed by atoms with Crippen molar-refractivity contribution in [2.45, 2.75) is 6.54 Å². The molecule has 0 aliphatic rings. The molecule has 2 aromatic rings. The molecule has 4 heteroatoms. The quantitative estimate of drug-likeness (QED) is 0.834. The largest absolute Gasteiger partial charge is 0.326 e. The fourth-order valence-electron chi connectivity index (χ4n) is 1.44. The summed E-state index contributed by atoms with van der Waals surface area (Å²) in [6, 6.07) is 5.18. The van der Waals surface area contributed by atoms with Gasteiger partial charge >= 0.3 is 0 Å². The first kappa shape index (κ1) is 10.3. The molecule has 0 aliphatic carbocycles. The number of benzene rings is 1. The molecule has 0 fully saturated rings. The highest BCUT2D eigenvalue weighted by Gasteiger charge is 2.10. The number of nitrogens with two attached hydrogens (primary N) is 1. The lowest BCUT2D eigenvalue weighted by Crippen LogP contribution is -1.96. The summed E-state index contributed by atoms with van der Waals surface area (Å²) < 4.78 is 26.4. The standard InChI is InChI=1S/C11H9F2NS/c12-7-1-2-10(13)9(5-7)8-3-4-15-11(8)6-14/h1-5H,6,14H2. The summed E-state index contributed by atoms with van der Waals surface area (Å²) in [5.74, 6) is -0.870. The normalized spacial score (nSPS) is 10.6. The van der Waals surface area contributed by atoms with Gasteiger partial charge in [-0.25, -0.2) is 8.78 Å². The van der Waals surface area contributed by atoms with Crippen LogP contribution in [0.15, 0.2) is 29.6 Å². The first-order valence-electron chi connectivity index (χ1n) is 4.44. The highest BCUT2D eigenvalue weighted by molar-refractivity contribution is 7.10. The van der Waals surface area contributed by atoms with Gasteiger partial charge in [0.15, 0.2) is 0 Å². The van der Waals surface area contributed by atoms with Gasteiger partial charge in [-0.3, -0.25) is 0 Å². The zero-order valence-electron chi connectivity index (χ0n) is 7.84. The number of hydrogen-bond donors (Lipinski definition) is 1. The smallest absolute Gasteiger partial charge is 0.131 e. The van der Waals surface area contributed by atoms with Crippen LogP contribution in [-0.4, -0.2) is 0 Å². The molecule has 15 heavy (non-hydrogen) atoms. The van der Waals surface area contributed by atoms with Gasteiger partial charge in [-0.15, -0.1) is 11.3 Å². The predicted octanol–water partition coefficient (Wildman–Crippen LogP) is 3.15. The van der Waals surface area contributed by atoms with E-state index in [4.69, 9.17) is 5.73 Å². The molecule has 2 N–H and O–H groups in total. The van der Waals surface area contributed by atoms with Gasteiger partial charge in [-0.05, 0) is 35.2 Å². The lowest BCUT2D eigenvalue weighted by molar-refractivity contribution is 0.603. The molecular formula is C11H9F2NS. The molecule has 1 heterocycles. The van der Waals surface area contributed by atoms with Crippen LogP contribution in [0.3, 0.4) is 0 Å². The van der Waals surface area contributed by atoms with Crippen molar-refractivity contribution in [3.63, 3.8) is 0 Å². The number of halogens is 2. The van der Waals surface area contributed by atoms with Gasteiger partial charge in [0.25, 0.3) is 0 Å². The molecule has 0 bridgehead atoms. The summed E-state index contributed by atoms with van der Waals surface area (Å²) in [6.07, 6.45) is 0. The van der Waals surface area contributed by atoms with E-state index in [0.717, 1.165) is 17.0 Å². The molecule has 0 unspecified atom stereocenters. The maximum atomic E-state index is 13.4. The van der Waals surface area contributed by atoms with E-state index in [1.807, 2.05) is 5.38 Å². The maximum absolute atomic E-state index is 13.4. The van der Waals surface area contributed by atoms with Crippen molar-refractivity contribution >= 4 is 11.3 Å². The Kier molecular flexibility index (Phi) is 2.79. The van der Waals surface area contributed by atoms with Crippen LogP contribution in [0.1, 0.15) is 4.88 Å². The molecular weight excluding hydrogens is 216 g/mol. The topological polar surface area (TPSA) is 26.0 Å². The Labute approximate surface area is 90.2 Å². The van der Waals surface area contributed by atoms with E-state index in [2.05, 4.69) is 0 Å². The van der Waals surface area contributed by atoms with Crippen LogP contribution >= 0.6 is 11.3 Å². The molecule has 0 atom stereocenters. The summed E-state index contributed by atoms with van der Waals surface area (Å²) in [4.78, 5) is 0.861. The van der Waals surface area contributed by atoms with E-state index in [0.29, 0.717) is 12.1 Å². The summed E-state index contributed by atoms with van der Waals surface area (Å²) in [5, 5.41) is 1.82. The Morgan fingerprint density at radius 1 is 1.13 bits per heavy atom. The van der Waals surface area contributed by atoms with Gasteiger partial charge in [0, 0.05) is 17.0 Å². The highest BCUT2D eigenvalue weighted by atomic mass is 32.1. The molecule has 0 radical (unpaired) electrons. The average molecular weight is 225 g/mol. The Bertz CT molecular complexity index is 479. The van der Waals surface area contributed by atoms with Crippen LogP contribution in [0, 0.1) is 11.6 Å². The van der Waals surface area contributed by atoms with E-state index in [9.17, 15) is 8.78 Å². The van der Waals surface area contributed by atoms with Gasteiger partial charge < -0.3 is 5.73 Å². The lowest BCUT2D eigenvalue weighted by Gasteiger charge is -2.03. The number of rotatable bonds is 2. The summed E-state index contributed by atoms with van der Waals surface area (Å²) in [5.41, 5.74) is 6.47. The summed E-state index contributed by atoms with van der Waals surface area (Å²) in [7, 11) is 0. The first-order valence-corrected chi connectivity index (χ1v) is 5.32. The van der Waals surface area contributed by atoms with Gasteiger partial charge in [0.2, 0.25) is 0 Å². The third-order valence-corrected chi connectivity index (χ3v) is 3.09. The second kappa shape index (κ2) is 4.08. The van der Waals surface area contributed by atoms with E-state index >= 15 is 0 Å². The molecule has 0 aliphatic heterocycles.